The van der Waals surface area contributed by atoms with Crippen LogP contribution in [-0.4, -0.2) is 49.5 Å². The highest BCUT2D eigenvalue weighted by Gasteiger charge is 2.52. The molecular formula is C15H18ClNO4. The van der Waals surface area contributed by atoms with Gasteiger partial charge in [0.25, 0.3) is 0 Å². The van der Waals surface area contributed by atoms with Gasteiger partial charge in [0.1, 0.15) is 11.3 Å². The number of likely N-dealkylation sites (tertiary alicyclic amines) is 1. The van der Waals surface area contributed by atoms with Gasteiger partial charge in [0, 0.05) is 13.1 Å². The molecule has 6 heteroatoms. The summed E-state index contributed by atoms with van der Waals surface area (Å²) in [6, 6.07) is 9.70. The van der Waals surface area contributed by atoms with Gasteiger partial charge in [-0.25, -0.2) is 0 Å². The lowest BCUT2D eigenvalue weighted by Gasteiger charge is -2.47. The highest BCUT2D eigenvalue weighted by molar-refractivity contribution is 6.27. The second kappa shape index (κ2) is 6.91. The van der Waals surface area contributed by atoms with Crippen molar-refractivity contribution in [3.8, 4) is 0 Å². The molecule has 114 valence electrons. The molecule has 0 spiro atoms. The van der Waals surface area contributed by atoms with Gasteiger partial charge in [0.15, 0.2) is 0 Å². The first-order valence-electron chi connectivity index (χ1n) is 6.65. The molecule has 21 heavy (non-hydrogen) atoms. The van der Waals surface area contributed by atoms with E-state index in [0.29, 0.717) is 19.7 Å². The smallest absolute Gasteiger partial charge is 0.317 e. The number of hydrogen-bond donors (Lipinski definition) is 0. The topological polar surface area (TPSA) is 55.8 Å². The summed E-state index contributed by atoms with van der Waals surface area (Å²) in [5.74, 6) is -0.615. The Kier molecular flexibility index (Phi) is 5.20. The number of benzene rings is 1. The van der Waals surface area contributed by atoms with E-state index in [0.717, 1.165) is 5.56 Å². The van der Waals surface area contributed by atoms with E-state index in [2.05, 4.69) is 0 Å². The molecule has 0 saturated carbocycles. The molecule has 1 saturated heterocycles. The summed E-state index contributed by atoms with van der Waals surface area (Å²) in [5, 5.41) is 0. The van der Waals surface area contributed by atoms with Crippen molar-refractivity contribution in [3.05, 3.63) is 35.9 Å². The first-order chi connectivity index (χ1) is 10.1. The molecule has 1 aromatic carbocycles. The van der Waals surface area contributed by atoms with Crippen molar-refractivity contribution in [2.24, 2.45) is 5.41 Å². The summed E-state index contributed by atoms with van der Waals surface area (Å²) in [6.07, 6.45) is 0. The minimum absolute atomic E-state index is 0.0812. The quantitative estimate of drug-likeness (QED) is 0.589. The molecule has 0 aliphatic carbocycles. The minimum Gasteiger partial charge on any atom is -0.468 e. The lowest BCUT2D eigenvalue weighted by atomic mass is 9.80. The Bertz CT molecular complexity index is 500. The molecule has 0 bridgehead atoms. The lowest BCUT2D eigenvalue weighted by molar-refractivity contribution is -0.175. The van der Waals surface area contributed by atoms with Crippen LogP contribution in [0.2, 0.25) is 0 Å². The third kappa shape index (κ3) is 3.54. The number of hydrogen-bond acceptors (Lipinski definition) is 4. The molecule has 2 rings (SSSR count). The summed E-state index contributed by atoms with van der Waals surface area (Å²) >= 11 is 5.51. The molecule has 1 aromatic rings. The van der Waals surface area contributed by atoms with Crippen LogP contribution >= 0.6 is 11.6 Å². The van der Waals surface area contributed by atoms with Crippen molar-refractivity contribution in [1.29, 1.82) is 0 Å². The summed E-state index contributed by atoms with van der Waals surface area (Å²) < 4.78 is 10.5. The van der Waals surface area contributed by atoms with Crippen molar-refractivity contribution in [1.82, 2.24) is 4.90 Å². The standard InChI is InChI=1S/C15H18ClNO4/c1-20-14(19)15(9-17(10-15)13(18)7-16)11-21-8-12-5-3-2-4-6-12/h2-6H,7-11H2,1H3. The van der Waals surface area contributed by atoms with E-state index in [9.17, 15) is 9.59 Å². The largest absolute Gasteiger partial charge is 0.468 e. The number of alkyl halides is 1. The number of nitrogens with zero attached hydrogens (tertiary/aromatic N) is 1. The van der Waals surface area contributed by atoms with Crippen LogP contribution in [0.3, 0.4) is 0 Å². The summed E-state index contributed by atoms with van der Waals surface area (Å²) in [7, 11) is 1.34. The number of carbonyl (C=O) groups excluding carboxylic acids is 2. The van der Waals surface area contributed by atoms with E-state index < -0.39 is 5.41 Å². The summed E-state index contributed by atoms with van der Waals surface area (Å²) in [4.78, 5) is 25.0. The highest BCUT2D eigenvalue weighted by Crippen LogP contribution is 2.32. The zero-order chi connectivity index (χ0) is 15.3. The molecule has 1 aliphatic heterocycles. The van der Waals surface area contributed by atoms with Gasteiger partial charge in [-0.15, -0.1) is 11.6 Å². The highest BCUT2D eigenvalue weighted by atomic mass is 35.5. The first kappa shape index (κ1) is 15.8. The molecule has 1 aliphatic rings. The van der Waals surface area contributed by atoms with E-state index in [1.807, 2.05) is 30.3 Å². The van der Waals surface area contributed by atoms with Crippen molar-refractivity contribution in [2.45, 2.75) is 6.61 Å². The average molecular weight is 312 g/mol. The molecule has 1 amide bonds. The SMILES string of the molecule is COC(=O)C1(COCc2ccccc2)CN(C(=O)CCl)C1. The Labute approximate surface area is 128 Å². The second-order valence-electron chi connectivity index (χ2n) is 5.13. The van der Waals surface area contributed by atoms with Crippen LogP contribution in [0.25, 0.3) is 0 Å². The summed E-state index contributed by atoms with van der Waals surface area (Å²) in [6.45, 7) is 1.23. The fourth-order valence-corrected chi connectivity index (χ4v) is 2.55. The number of halogens is 1. The molecule has 0 unspecified atom stereocenters. The molecule has 0 atom stereocenters. The molecule has 0 radical (unpaired) electrons. The maximum absolute atomic E-state index is 11.9. The zero-order valence-electron chi connectivity index (χ0n) is 11.9. The molecule has 0 aromatic heterocycles. The van der Waals surface area contributed by atoms with Gasteiger partial charge in [-0.05, 0) is 5.56 Å². The van der Waals surface area contributed by atoms with Gasteiger partial charge >= 0.3 is 5.97 Å². The van der Waals surface area contributed by atoms with Crippen LogP contribution in [0.1, 0.15) is 5.56 Å². The van der Waals surface area contributed by atoms with Crippen molar-refractivity contribution >= 4 is 23.5 Å². The zero-order valence-corrected chi connectivity index (χ0v) is 12.6. The van der Waals surface area contributed by atoms with Gasteiger partial charge in [-0.2, -0.15) is 0 Å². The van der Waals surface area contributed by atoms with Gasteiger partial charge < -0.3 is 14.4 Å². The van der Waals surface area contributed by atoms with Crippen LogP contribution in [0, 0.1) is 5.41 Å². The van der Waals surface area contributed by atoms with Crippen molar-refractivity contribution < 1.29 is 19.1 Å². The van der Waals surface area contributed by atoms with Gasteiger partial charge in [-0.1, -0.05) is 30.3 Å². The minimum atomic E-state index is -0.773. The second-order valence-corrected chi connectivity index (χ2v) is 5.40. The first-order valence-corrected chi connectivity index (χ1v) is 7.18. The van der Waals surface area contributed by atoms with E-state index in [-0.39, 0.29) is 24.4 Å². The predicted octanol–water partition coefficient (Wildman–Crippen LogP) is 1.44. The molecule has 1 fully saturated rings. The normalized spacial score (nSPS) is 16.2. The number of carbonyl (C=O) groups is 2. The number of rotatable bonds is 6. The summed E-state index contributed by atoms with van der Waals surface area (Å²) in [5.41, 5.74) is 0.260. The lowest BCUT2D eigenvalue weighted by Crippen LogP contribution is -2.64. The fourth-order valence-electron chi connectivity index (χ4n) is 2.38. The molecule has 5 nitrogen and oxygen atoms in total. The maximum atomic E-state index is 11.9. The van der Waals surface area contributed by atoms with Crippen molar-refractivity contribution in [2.75, 3.05) is 32.7 Å². The van der Waals surface area contributed by atoms with Crippen LogP contribution in [0.15, 0.2) is 30.3 Å². The Morgan fingerprint density at radius 1 is 1.29 bits per heavy atom. The Morgan fingerprint density at radius 2 is 1.95 bits per heavy atom. The number of methoxy groups -OCH3 is 1. The van der Waals surface area contributed by atoms with Gasteiger partial charge in [0.2, 0.25) is 5.91 Å². The van der Waals surface area contributed by atoms with Gasteiger partial charge in [-0.3, -0.25) is 9.59 Å². The van der Waals surface area contributed by atoms with E-state index in [1.54, 1.807) is 0 Å². The van der Waals surface area contributed by atoms with E-state index >= 15 is 0 Å². The maximum Gasteiger partial charge on any atom is 0.317 e. The van der Waals surface area contributed by atoms with E-state index in [4.69, 9.17) is 21.1 Å². The van der Waals surface area contributed by atoms with Crippen LogP contribution in [0.5, 0.6) is 0 Å². The molecule has 0 N–H and O–H groups in total. The molecular weight excluding hydrogens is 294 g/mol. The van der Waals surface area contributed by atoms with E-state index in [1.165, 1.54) is 12.0 Å². The Morgan fingerprint density at radius 3 is 2.52 bits per heavy atom. The van der Waals surface area contributed by atoms with Crippen LogP contribution < -0.4 is 0 Å². The van der Waals surface area contributed by atoms with Crippen molar-refractivity contribution in [3.63, 3.8) is 0 Å². The number of esters is 1. The monoisotopic (exact) mass is 311 g/mol. The Balaban J connectivity index is 1.90. The fraction of sp³-hybridized carbons (Fsp3) is 0.467. The third-order valence-corrected chi connectivity index (χ3v) is 3.79. The number of amides is 1. The average Bonchev–Trinajstić information content (AvgIpc) is 2.49. The van der Waals surface area contributed by atoms with Gasteiger partial charge in [0.05, 0.1) is 20.3 Å². The molecule has 1 heterocycles. The van der Waals surface area contributed by atoms with Crippen LogP contribution in [-0.2, 0) is 25.7 Å². The third-order valence-electron chi connectivity index (χ3n) is 3.56. The predicted molar refractivity (Wildman–Crippen MR) is 77.8 cm³/mol. The Hall–Kier alpha value is -1.59. The number of ether oxygens (including phenoxy) is 2. The van der Waals surface area contributed by atoms with Crippen LogP contribution in [0.4, 0.5) is 0 Å².